The first-order chi connectivity index (χ1) is 4.30. The van der Waals surface area contributed by atoms with Crippen molar-refractivity contribution in [2.45, 2.75) is 4.90 Å². The molecule has 0 spiro atoms. The summed E-state index contributed by atoms with van der Waals surface area (Å²) in [5, 5.41) is 0. The maximum atomic E-state index is 10.2. The van der Waals surface area contributed by atoms with Crippen LogP contribution in [-0.2, 0) is 33.5 Å². The normalized spacial score (nSPS) is 11.7. The summed E-state index contributed by atoms with van der Waals surface area (Å²) in [5.74, 6) is 0. The molecular formula is C6H5AgO2S-. The van der Waals surface area contributed by atoms with Gasteiger partial charge in [0.15, 0.2) is 0 Å². The van der Waals surface area contributed by atoms with E-state index in [1.54, 1.807) is 30.3 Å². The van der Waals surface area contributed by atoms with Crippen molar-refractivity contribution in [2.24, 2.45) is 0 Å². The van der Waals surface area contributed by atoms with Crippen LogP contribution in [0.1, 0.15) is 0 Å². The van der Waals surface area contributed by atoms with Crippen molar-refractivity contribution in [3.05, 3.63) is 30.3 Å². The summed E-state index contributed by atoms with van der Waals surface area (Å²) in [5.41, 5.74) is 0. The second-order valence-electron chi connectivity index (χ2n) is 1.55. The van der Waals surface area contributed by atoms with Gasteiger partial charge in [0, 0.05) is 27.3 Å². The van der Waals surface area contributed by atoms with Gasteiger partial charge in [0.25, 0.3) is 0 Å². The van der Waals surface area contributed by atoms with Crippen LogP contribution in [0, 0.1) is 0 Å². The van der Waals surface area contributed by atoms with Crippen LogP contribution in [0.25, 0.3) is 0 Å². The number of rotatable bonds is 1. The molecule has 0 heterocycles. The van der Waals surface area contributed by atoms with E-state index in [-0.39, 0.29) is 22.4 Å². The molecule has 1 aromatic rings. The van der Waals surface area contributed by atoms with Gasteiger partial charge in [-0.3, -0.25) is 4.21 Å². The Morgan fingerprint density at radius 2 is 1.70 bits per heavy atom. The van der Waals surface area contributed by atoms with Crippen molar-refractivity contribution >= 4 is 11.1 Å². The van der Waals surface area contributed by atoms with Crippen LogP contribution in [0.2, 0.25) is 0 Å². The van der Waals surface area contributed by atoms with Crippen LogP contribution in [0.4, 0.5) is 0 Å². The third kappa shape index (κ3) is 2.77. The number of hydrogen-bond acceptors (Lipinski definition) is 2. The van der Waals surface area contributed by atoms with E-state index >= 15 is 0 Å². The molecule has 1 unspecified atom stereocenters. The first-order valence-corrected chi connectivity index (χ1v) is 3.52. The second kappa shape index (κ2) is 4.82. The van der Waals surface area contributed by atoms with Crippen LogP contribution >= 0.6 is 0 Å². The van der Waals surface area contributed by atoms with E-state index in [1.807, 2.05) is 0 Å². The summed E-state index contributed by atoms with van der Waals surface area (Å²) >= 11 is -2.08. The number of benzene rings is 1. The van der Waals surface area contributed by atoms with Crippen molar-refractivity contribution < 1.29 is 31.1 Å². The molecule has 0 saturated carbocycles. The van der Waals surface area contributed by atoms with Crippen molar-refractivity contribution in [2.75, 3.05) is 0 Å². The topological polar surface area (TPSA) is 40.1 Å². The zero-order valence-electron chi connectivity index (χ0n) is 4.91. The summed E-state index contributed by atoms with van der Waals surface area (Å²) in [6.45, 7) is 0. The van der Waals surface area contributed by atoms with Crippen LogP contribution in [-0.4, -0.2) is 8.76 Å². The maximum Gasteiger partial charge on any atom is 0.0248 e. The van der Waals surface area contributed by atoms with Crippen molar-refractivity contribution in [1.82, 2.24) is 0 Å². The minimum Gasteiger partial charge on any atom is -0.768 e. The third-order valence-electron chi connectivity index (χ3n) is 0.936. The molecule has 1 aromatic carbocycles. The summed E-state index contributed by atoms with van der Waals surface area (Å²) in [7, 11) is 0. The van der Waals surface area contributed by atoms with E-state index in [1.165, 1.54) is 0 Å². The first-order valence-electron chi connectivity index (χ1n) is 2.45. The Kier molecular flexibility index (Phi) is 4.85. The Balaban J connectivity index is 0.000000810. The Morgan fingerprint density at radius 3 is 2.00 bits per heavy atom. The van der Waals surface area contributed by atoms with Crippen molar-refractivity contribution in [3.63, 3.8) is 0 Å². The zero-order chi connectivity index (χ0) is 6.69. The largest absolute Gasteiger partial charge is 0.768 e. The minimum atomic E-state index is -2.08. The molecule has 0 fully saturated rings. The van der Waals surface area contributed by atoms with Gasteiger partial charge in [0.2, 0.25) is 0 Å². The Labute approximate surface area is 77.4 Å². The second-order valence-corrected chi connectivity index (χ2v) is 2.49. The molecule has 0 aromatic heterocycles. The molecule has 0 N–H and O–H groups in total. The molecule has 59 valence electrons. The molecule has 1 rings (SSSR count). The monoisotopic (exact) mass is 248 g/mol. The van der Waals surface area contributed by atoms with Gasteiger partial charge in [-0.2, -0.15) is 0 Å². The SMILES string of the molecule is O=S([O-])c1ccccc1.[Ag]. The quantitative estimate of drug-likeness (QED) is 0.548. The van der Waals surface area contributed by atoms with Gasteiger partial charge in [-0.25, -0.2) is 0 Å². The van der Waals surface area contributed by atoms with Crippen LogP contribution < -0.4 is 0 Å². The van der Waals surface area contributed by atoms with Crippen molar-refractivity contribution in [3.8, 4) is 0 Å². The smallest absolute Gasteiger partial charge is 0.0248 e. The summed E-state index contributed by atoms with van der Waals surface area (Å²) < 4.78 is 20.4. The van der Waals surface area contributed by atoms with E-state index in [9.17, 15) is 8.76 Å². The molecular weight excluding hydrogens is 244 g/mol. The molecule has 0 amide bonds. The van der Waals surface area contributed by atoms with E-state index in [4.69, 9.17) is 0 Å². The van der Waals surface area contributed by atoms with Crippen LogP contribution in [0.5, 0.6) is 0 Å². The zero-order valence-corrected chi connectivity index (χ0v) is 7.21. The maximum absolute atomic E-state index is 10.2. The molecule has 2 nitrogen and oxygen atoms in total. The molecule has 0 saturated heterocycles. The molecule has 0 aliphatic heterocycles. The predicted octanol–water partition coefficient (Wildman–Crippen LogP) is 0.922. The first kappa shape index (κ1) is 10.1. The molecule has 10 heavy (non-hydrogen) atoms. The fraction of sp³-hybridized carbons (Fsp3) is 0. The van der Waals surface area contributed by atoms with Gasteiger partial charge in [-0.1, -0.05) is 18.2 Å². The van der Waals surface area contributed by atoms with E-state index < -0.39 is 11.1 Å². The molecule has 1 atom stereocenters. The van der Waals surface area contributed by atoms with E-state index in [0.29, 0.717) is 4.90 Å². The molecule has 0 aliphatic carbocycles. The molecule has 1 radical (unpaired) electrons. The Hall–Kier alpha value is 0.0703. The fourth-order valence-electron chi connectivity index (χ4n) is 0.532. The predicted molar refractivity (Wildman–Crippen MR) is 33.6 cm³/mol. The van der Waals surface area contributed by atoms with Crippen LogP contribution in [0.15, 0.2) is 35.2 Å². The van der Waals surface area contributed by atoms with Crippen LogP contribution in [0.3, 0.4) is 0 Å². The van der Waals surface area contributed by atoms with Gasteiger partial charge < -0.3 is 4.55 Å². The van der Waals surface area contributed by atoms with Crippen molar-refractivity contribution in [1.29, 1.82) is 0 Å². The van der Waals surface area contributed by atoms with E-state index in [2.05, 4.69) is 0 Å². The minimum absolute atomic E-state index is 0. The summed E-state index contributed by atoms with van der Waals surface area (Å²) in [4.78, 5) is 0.331. The standard InChI is InChI=1S/C6H6O2S.Ag/c7-9(8)6-4-2-1-3-5-6;/h1-5H,(H,7,8);/p-1. The van der Waals surface area contributed by atoms with Gasteiger partial charge in [-0.05, 0) is 23.2 Å². The van der Waals surface area contributed by atoms with E-state index in [0.717, 1.165) is 0 Å². The van der Waals surface area contributed by atoms with Gasteiger partial charge in [0.1, 0.15) is 0 Å². The fourth-order valence-corrected chi connectivity index (χ4v) is 0.911. The molecule has 0 bridgehead atoms. The molecule has 0 aliphatic rings. The van der Waals surface area contributed by atoms with Gasteiger partial charge >= 0.3 is 0 Å². The molecule has 4 heteroatoms. The Morgan fingerprint density at radius 1 is 1.20 bits per heavy atom. The third-order valence-corrected chi connectivity index (χ3v) is 1.59. The number of hydrogen-bond donors (Lipinski definition) is 0. The average Bonchev–Trinajstić information content (AvgIpc) is 1.90. The summed E-state index contributed by atoms with van der Waals surface area (Å²) in [6.07, 6.45) is 0. The van der Waals surface area contributed by atoms with Gasteiger partial charge in [0.05, 0.1) is 0 Å². The average molecular weight is 249 g/mol. The van der Waals surface area contributed by atoms with Gasteiger partial charge in [-0.15, -0.1) is 0 Å². The Bertz CT molecular complexity index is 212. The summed E-state index contributed by atoms with van der Waals surface area (Å²) in [6, 6.07) is 8.23.